The molecule has 0 aliphatic carbocycles. The Morgan fingerprint density at radius 2 is 2.00 bits per heavy atom. The highest BCUT2D eigenvalue weighted by Gasteiger charge is 2.06. The number of carbonyl (C=O) groups is 2. The first-order valence-corrected chi connectivity index (χ1v) is 8.67. The van der Waals surface area contributed by atoms with Crippen LogP contribution < -0.4 is 5.32 Å². The Morgan fingerprint density at radius 3 is 2.77 bits per heavy atom. The first-order chi connectivity index (χ1) is 12.7. The molecule has 0 spiro atoms. The van der Waals surface area contributed by atoms with Gasteiger partial charge in [-0.3, -0.25) is 9.78 Å². The number of nitrogens with one attached hydrogen (secondary N) is 1. The average molecular weight is 356 g/mol. The van der Waals surface area contributed by atoms with E-state index in [2.05, 4.69) is 34.0 Å². The van der Waals surface area contributed by atoms with E-state index in [1.807, 2.05) is 19.1 Å². The second kappa shape index (κ2) is 14.4. The van der Waals surface area contributed by atoms with Crippen LogP contribution in [-0.2, 0) is 14.3 Å². The maximum absolute atomic E-state index is 11.4. The van der Waals surface area contributed by atoms with Gasteiger partial charge in [0.2, 0.25) is 0 Å². The van der Waals surface area contributed by atoms with Crippen molar-refractivity contribution in [3.05, 3.63) is 30.1 Å². The lowest BCUT2D eigenvalue weighted by Crippen LogP contribution is -2.31. The highest BCUT2D eigenvalue weighted by atomic mass is 16.6. The van der Waals surface area contributed by atoms with Gasteiger partial charge in [0, 0.05) is 24.4 Å². The molecule has 0 aromatic carbocycles. The molecule has 0 atom stereocenters. The third-order valence-electron chi connectivity index (χ3n) is 3.09. The van der Waals surface area contributed by atoms with Crippen LogP contribution >= 0.6 is 0 Å². The fraction of sp³-hybridized carbons (Fsp3) is 0.450. The van der Waals surface area contributed by atoms with Gasteiger partial charge in [0.1, 0.15) is 6.54 Å². The van der Waals surface area contributed by atoms with Crippen LogP contribution in [0.5, 0.6) is 0 Å². The van der Waals surface area contributed by atoms with E-state index in [-0.39, 0.29) is 13.2 Å². The number of hydrogen-bond acceptors (Lipinski definition) is 5. The average Bonchev–Trinajstić information content (AvgIpc) is 2.66. The van der Waals surface area contributed by atoms with Crippen molar-refractivity contribution in [2.24, 2.45) is 0 Å². The monoisotopic (exact) mass is 356 g/mol. The maximum Gasteiger partial charge on any atom is 0.407 e. The molecule has 1 heterocycles. The molecule has 6 nitrogen and oxygen atoms in total. The van der Waals surface area contributed by atoms with Crippen molar-refractivity contribution in [1.29, 1.82) is 0 Å². The van der Waals surface area contributed by atoms with Crippen LogP contribution in [0.25, 0.3) is 0 Å². The van der Waals surface area contributed by atoms with Gasteiger partial charge in [-0.1, -0.05) is 25.2 Å². The number of amides is 1. The molecule has 0 saturated heterocycles. The largest absolute Gasteiger partial charge is 0.464 e. The molecular formula is C20H24N2O4. The summed E-state index contributed by atoms with van der Waals surface area (Å²) in [5.74, 6) is 10.9. The van der Waals surface area contributed by atoms with Gasteiger partial charge in [-0.25, -0.2) is 4.79 Å². The minimum Gasteiger partial charge on any atom is -0.464 e. The predicted molar refractivity (Wildman–Crippen MR) is 98.0 cm³/mol. The second-order valence-corrected chi connectivity index (χ2v) is 5.31. The number of pyridine rings is 1. The van der Waals surface area contributed by atoms with Crippen molar-refractivity contribution >= 4 is 12.1 Å². The molecule has 26 heavy (non-hydrogen) atoms. The number of nitrogens with zero attached hydrogens (tertiary/aromatic N) is 1. The zero-order valence-electron chi connectivity index (χ0n) is 15.0. The van der Waals surface area contributed by atoms with E-state index in [4.69, 9.17) is 9.47 Å². The summed E-state index contributed by atoms with van der Waals surface area (Å²) in [5, 5.41) is 2.36. The van der Waals surface area contributed by atoms with Gasteiger partial charge in [0.15, 0.2) is 0 Å². The Labute approximate surface area is 154 Å². The maximum atomic E-state index is 11.4. The van der Waals surface area contributed by atoms with E-state index < -0.39 is 12.1 Å². The van der Waals surface area contributed by atoms with E-state index in [1.165, 1.54) is 0 Å². The SMILES string of the molecule is CCCCOC(=O)CNC(=O)OCCCCC#CC#Cc1cccnc1. The van der Waals surface area contributed by atoms with Crippen molar-refractivity contribution in [3.8, 4) is 23.7 Å². The van der Waals surface area contributed by atoms with Crippen LogP contribution in [0.2, 0.25) is 0 Å². The Morgan fingerprint density at radius 1 is 1.15 bits per heavy atom. The first-order valence-electron chi connectivity index (χ1n) is 8.67. The summed E-state index contributed by atoms with van der Waals surface area (Å²) in [6.45, 7) is 2.48. The zero-order chi connectivity index (χ0) is 18.9. The molecule has 6 heteroatoms. The Kier molecular flexibility index (Phi) is 11.6. The molecule has 0 unspecified atom stereocenters. The lowest BCUT2D eigenvalue weighted by Gasteiger charge is -2.06. The summed E-state index contributed by atoms with van der Waals surface area (Å²) in [4.78, 5) is 26.7. The van der Waals surface area contributed by atoms with Crippen molar-refractivity contribution in [1.82, 2.24) is 10.3 Å². The number of esters is 1. The molecule has 1 N–H and O–H groups in total. The second-order valence-electron chi connectivity index (χ2n) is 5.31. The van der Waals surface area contributed by atoms with Gasteiger partial charge in [0.05, 0.1) is 13.2 Å². The van der Waals surface area contributed by atoms with Crippen molar-refractivity contribution in [2.45, 2.75) is 39.0 Å². The van der Waals surface area contributed by atoms with Crippen molar-refractivity contribution in [3.63, 3.8) is 0 Å². The predicted octanol–water partition coefficient (Wildman–Crippen LogP) is 2.68. The molecule has 0 aliphatic rings. The Bertz CT molecular complexity index is 666. The number of rotatable bonds is 9. The topological polar surface area (TPSA) is 77.5 Å². The normalized spacial score (nSPS) is 9.12. The van der Waals surface area contributed by atoms with Crippen LogP contribution in [0, 0.1) is 23.7 Å². The molecule has 1 amide bonds. The van der Waals surface area contributed by atoms with Crippen LogP contribution in [0.4, 0.5) is 4.79 Å². The van der Waals surface area contributed by atoms with Crippen LogP contribution in [-0.4, -0.2) is 36.8 Å². The summed E-state index contributed by atoms with van der Waals surface area (Å²) in [5.41, 5.74) is 0.829. The first kappa shape index (κ1) is 21.1. The molecule has 138 valence electrons. The molecule has 1 aromatic rings. The summed E-state index contributed by atoms with van der Waals surface area (Å²) < 4.78 is 9.87. The lowest BCUT2D eigenvalue weighted by atomic mass is 10.2. The molecule has 0 fully saturated rings. The van der Waals surface area contributed by atoms with E-state index in [0.717, 1.165) is 24.8 Å². The lowest BCUT2D eigenvalue weighted by molar-refractivity contribution is -0.142. The molecular weight excluding hydrogens is 332 g/mol. The van der Waals surface area contributed by atoms with Crippen LogP contribution in [0.3, 0.4) is 0 Å². The fourth-order valence-corrected chi connectivity index (χ4v) is 1.70. The number of ether oxygens (including phenoxy) is 2. The Hall–Kier alpha value is -2.99. The van der Waals surface area contributed by atoms with Gasteiger partial charge in [-0.05, 0) is 43.2 Å². The fourth-order valence-electron chi connectivity index (χ4n) is 1.70. The van der Waals surface area contributed by atoms with E-state index >= 15 is 0 Å². The van der Waals surface area contributed by atoms with Crippen molar-refractivity contribution < 1.29 is 19.1 Å². The summed E-state index contributed by atoms with van der Waals surface area (Å²) in [6, 6.07) is 3.69. The Balaban J connectivity index is 2.02. The summed E-state index contributed by atoms with van der Waals surface area (Å²) in [7, 11) is 0. The molecule has 0 saturated carbocycles. The third-order valence-corrected chi connectivity index (χ3v) is 3.09. The highest BCUT2D eigenvalue weighted by molar-refractivity contribution is 5.77. The minimum atomic E-state index is -0.620. The quantitative estimate of drug-likeness (QED) is 0.418. The van der Waals surface area contributed by atoms with E-state index in [1.54, 1.807) is 12.4 Å². The van der Waals surface area contributed by atoms with Gasteiger partial charge in [-0.15, -0.1) is 0 Å². The van der Waals surface area contributed by atoms with Gasteiger partial charge < -0.3 is 14.8 Å². The summed E-state index contributed by atoms with van der Waals surface area (Å²) >= 11 is 0. The number of aromatic nitrogens is 1. The van der Waals surface area contributed by atoms with E-state index in [0.29, 0.717) is 19.4 Å². The highest BCUT2D eigenvalue weighted by Crippen LogP contribution is 1.95. The molecule has 0 radical (unpaired) electrons. The summed E-state index contributed by atoms with van der Waals surface area (Å²) in [6.07, 6.45) is 6.69. The third kappa shape index (κ3) is 11.5. The number of hydrogen-bond donors (Lipinski definition) is 1. The van der Waals surface area contributed by atoms with Gasteiger partial charge in [-0.2, -0.15) is 0 Å². The van der Waals surface area contributed by atoms with Gasteiger partial charge in [0.25, 0.3) is 0 Å². The number of unbranched alkanes of at least 4 members (excludes halogenated alkanes) is 3. The standard InChI is InChI=1S/C20H24N2O4/c1-2-3-14-25-19(23)17-22-20(24)26-15-9-7-5-4-6-8-11-18-12-10-13-21-16-18/h10,12-13,16H,2-3,5,7,9,14-15,17H2,1H3,(H,22,24). The minimum absolute atomic E-state index is 0.177. The zero-order valence-corrected chi connectivity index (χ0v) is 15.0. The van der Waals surface area contributed by atoms with Crippen LogP contribution in [0.15, 0.2) is 24.5 Å². The molecule has 0 aliphatic heterocycles. The molecule has 1 rings (SSSR count). The molecule has 1 aromatic heterocycles. The van der Waals surface area contributed by atoms with Gasteiger partial charge >= 0.3 is 12.1 Å². The van der Waals surface area contributed by atoms with Crippen molar-refractivity contribution in [2.75, 3.05) is 19.8 Å². The van der Waals surface area contributed by atoms with E-state index in [9.17, 15) is 9.59 Å². The molecule has 0 bridgehead atoms. The van der Waals surface area contributed by atoms with Crippen LogP contribution in [0.1, 0.15) is 44.6 Å². The number of alkyl carbamates (subject to hydrolysis) is 1. The number of carbonyl (C=O) groups excluding carboxylic acids is 2. The smallest absolute Gasteiger partial charge is 0.407 e.